The highest BCUT2D eigenvalue weighted by atomic mass is 16.6. The Balaban J connectivity index is 1.44. The van der Waals surface area contributed by atoms with Crippen LogP contribution in [0.4, 0.5) is 4.79 Å². The number of benzene rings is 1. The molecule has 3 rings (SSSR count). The van der Waals surface area contributed by atoms with Gasteiger partial charge in [0.15, 0.2) is 5.96 Å². The molecule has 1 aromatic carbocycles. The lowest BCUT2D eigenvalue weighted by atomic mass is 9.98. The summed E-state index contributed by atoms with van der Waals surface area (Å²) in [4.78, 5) is 21.1. The average Bonchev–Trinajstić information content (AvgIpc) is 3.09. The number of aliphatic imine (C=N–C) groups is 1. The first kappa shape index (κ1) is 21.3. The number of hydrogen-bond acceptors (Lipinski definition) is 6. The van der Waals surface area contributed by atoms with Gasteiger partial charge in [-0.05, 0) is 50.8 Å². The lowest BCUT2D eigenvalue weighted by Crippen LogP contribution is -2.57. The molecule has 0 bridgehead atoms. The summed E-state index contributed by atoms with van der Waals surface area (Å²) in [7, 11) is 1.69. The van der Waals surface area contributed by atoms with Gasteiger partial charge in [0.05, 0.1) is 19.7 Å². The molecule has 0 aliphatic carbocycles. The highest BCUT2D eigenvalue weighted by Gasteiger charge is 2.36. The van der Waals surface area contributed by atoms with Gasteiger partial charge in [0, 0.05) is 26.2 Å². The van der Waals surface area contributed by atoms with Crippen LogP contribution >= 0.6 is 0 Å². The van der Waals surface area contributed by atoms with E-state index in [1.165, 1.54) is 5.56 Å². The van der Waals surface area contributed by atoms with E-state index in [1.807, 2.05) is 32.9 Å². The topological polar surface area (TPSA) is 66.4 Å². The number of methoxy groups -OCH3 is 1. The van der Waals surface area contributed by atoms with Crippen LogP contribution in [0.5, 0.6) is 5.75 Å². The molecule has 29 heavy (non-hydrogen) atoms. The monoisotopic (exact) mass is 402 g/mol. The molecule has 1 N–H and O–H groups in total. The van der Waals surface area contributed by atoms with Gasteiger partial charge in [0.25, 0.3) is 0 Å². The number of carbonyl (C=O) groups is 1. The maximum absolute atomic E-state index is 12.3. The minimum atomic E-state index is -0.465. The summed E-state index contributed by atoms with van der Waals surface area (Å²) in [6, 6.07) is 8.51. The molecule has 0 saturated carbocycles. The van der Waals surface area contributed by atoms with Gasteiger partial charge in [-0.1, -0.05) is 19.1 Å². The number of ether oxygens (including phenoxy) is 2. The standard InChI is InChI=1S/C22H34N4O3/c1-16(17-6-8-19(28-5)9-7-17)10-11-23-20-24-14-18-15-25(12-13-26(18)20)21(27)29-22(2,3)4/h6-9,16,18H,10-15H2,1-5H3,(H,23,24). The number of guanidine groups is 1. The van der Waals surface area contributed by atoms with Crippen LogP contribution < -0.4 is 10.1 Å². The Morgan fingerprint density at radius 3 is 2.66 bits per heavy atom. The summed E-state index contributed by atoms with van der Waals surface area (Å²) >= 11 is 0. The number of nitrogens with zero attached hydrogens (tertiary/aromatic N) is 3. The van der Waals surface area contributed by atoms with E-state index in [0.29, 0.717) is 19.0 Å². The average molecular weight is 403 g/mol. The Morgan fingerprint density at radius 1 is 1.28 bits per heavy atom. The third-order valence-corrected chi connectivity index (χ3v) is 5.40. The Kier molecular flexibility index (Phi) is 6.55. The van der Waals surface area contributed by atoms with Gasteiger partial charge in [0.2, 0.25) is 0 Å². The first-order chi connectivity index (χ1) is 13.8. The van der Waals surface area contributed by atoms with E-state index in [0.717, 1.165) is 37.8 Å². The van der Waals surface area contributed by atoms with Gasteiger partial charge in [-0.2, -0.15) is 0 Å². The molecule has 2 aliphatic rings. The maximum atomic E-state index is 12.3. The van der Waals surface area contributed by atoms with Gasteiger partial charge >= 0.3 is 6.09 Å². The van der Waals surface area contributed by atoms with Crippen molar-refractivity contribution in [2.75, 3.05) is 39.8 Å². The van der Waals surface area contributed by atoms with Crippen molar-refractivity contribution in [1.82, 2.24) is 15.1 Å². The highest BCUT2D eigenvalue weighted by molar-refractivity contribution is 5.82. The normalized spacial score (nSPS) is 20.0. The SMILES string of the molecule is COc1ccc(C(C)CCNC2=NCC3CN(C(=O)OC(C)(C)C)CCN23)cc1. The summed E-state index contributed by atoms with van der Waals surface area (Å²) in [6.45, 7) is 11.6. The molecule has 0 aromatic heterocycles. The van der Waals surface area contributed by atoms with Crippen molar-refractivity contribution in [3.05, 3.63) is 29.8 Å². The molecule has 1 aromatic rings. The number of carbonyl (C=O) groups excluding carboxylic acids is 1. The molecule has 7 nitrogen and oxygen atoms in total. The Bertz CT molecular complexity index is 727. The van der Waals surface area contributed by atoms with Crippen molar-refractivity contribution in [3.63, 3.8) is 0 Å². The van der Waals surface area contributed by atoms with Crippen LogP contribution in [0, 0.1) is 0 Å². The van der Waals surface area contributed by atoms with Crippen LogP contribution in [0.15, 0.2) is 29.3 Å². The van der Waals surface area contributed by atoms with E-state index in [-0.39, 0.29) is 12.1 Å². The molecular weight excluding hydrogens is 368 g/mol. The van der Waals surface area contributed by atoms with Gasteiger partial charge in [-0.25, -0.2) is 4.79 Å². The lowest BCUT2D eigenvalue weighted by Gasteiger charge is -2.39. The quantitative estimate of drug-likeness (QED) is 0.820. The second-order valence-electron chi connectivity index (χ2n) is 8.83. The Labute approximate surface area is 174 Å². The van der Waals surface area contributed by atoms with E-state index >= 15 is 0 Å². The molecule has 2 atom stereocenters. The van der Waals surface area contributed by atoms with Crippen molar-refractivity contribution in [2.45, 2.75) is 51.7 Å². The molecule has 2 unspecified atom stereocenters. The molecule has 160 valence electrons. The summed E-state index contributed by atoms with van der Waals surface area (Å²) in [5, 5.41) is 3.50. The van der Waals surface area contributed by atoms with Crippen molar-refractivity contribution >= 4 is 12.1 Å². The molecule has 0 radical (unpaired) electrons. The van der Waals surface area contributed by atoms with Gasteiger partial charge < -0.3 is 24.6 Å². The minimum absolute atomic E-state index is 0.230. The molecule has 1 amide bonds. The van der Waals surface area contributed by atoms with Crippen LogP contribution in [0.2, 0.25) is 0 Å². The smallest absolute Gasteiger partial charge is 0.410 e. The number of nitrogens with one attached hydrogen (secondary N) is 1. The third-order valence-electron chi connectivity index (χ3n) is 5.40. The third kappa shape index (κ3) is 5.55. The molecule has 7 heteroatoms. The van der Waals surface area contributed by atoms with Crippen LogP contribution in [0.1, 0.15) is 45.6 Å². The predicted molar refractivity (Wildman–Crippen MR) is 115 cm³/mol. The molecule has 0 spiro atoms. The van der Waals surface area contributed by atoms with E-state index in [1.54, 1.807) is 12.0 Å². The van der Waals surface area contributed by atoms with Crippen molar-refractivity contribution in [1.29, 1.82) is 0 Å². The maximum Gasteiger partial charge on any atom is 0.410 e. The van der Waals surface area contributed by atoms with Crippen molar-refractivity contribution in [3.8, 4) is 5.75 Å². The number of amides is 1. The van der Waals surface area contributed by atoms with Crippen LogP contribution in [0.3, 0.4) is 0 Å². The molecular formula is C22H34N4O3. The first-order valence-corrected chi connectivity index (χ1v) is 10.4. The second-order valence-corrected chi connectivity index (χ2v) is 8.83. The predicted octanol–water partition coefficient (Wildman–Crippen LogP) is 3.07. The summed E-state index contributed by atoms with van der Waals surface area (Å²) in [5.74, 6) is 2.30. The first-order valence-electron chi connectivity index (χ1n) is 10.4. The fourth-order valence-corrected chi connectivity index (χ4v) is 3.72. The second kappa shape index (κ2) is 8.93. The fourth-order valence-electron chi connectivity index (χ4n) is 3.72. The zero-order valence-electron chi connectivity index (χ0n) is 18.3. The van der Waals surface area contributed by atoms with Crippen LogP contribution in [0.25, 0.3) is 0 Å². The summed E-state index contributed by atoms with van der Waals surface area (Å²) in [6.07, 6.45) is 0.792. The van der Waals surface area contributed by atoms with Gasteiger partial charge in [-0.3, -0.25) is 4.99 Å². The van der Waals surface area contributed by atoms with Crippen LogP contribution in [-0.2, 0) is 4.74 Å². The van der Waals surface area contributed by atoms with Gasteiger partial charge in [-0.15, -0.1) is 0 Å². The summed E-state index contributed by atoms with van der Waals surface area (Å²) < 4.78 is 10.7. The van der Waals surface area contributed by atoms with Gasteiger partial charge in [0.1, 0.15) is 11.4 Å². The molecule has 2 aliphatic heterocycles. The van der Waals surface area contributed by atoms with E-state index < -0.39 is 5.60 Å². The fraction of sp³-hybridized carbons (Fsp3) is 0.636. The summed E-state index contributed by atoms with van der Waals surface area (Å²) in [5.41, 5.74) is 0.845. The van der Waals surface area contributed by atoms with E-state index in [4.69, 9.17) is 9.47 Å². The zero-order chi connectivity index (χ0) is 21.0. The number of piperazine rings is 1. The number of fused-ring (bicyclic) bond motifs is 1. The molecule has 1 fully saturated rings. The zero-order valence-corrected chi connectivity index (χ0v) is 18.3. The highest BCUT2D eigenvalue weighted by Crippen LogP contribution is 2.22. The number of rotatable bonds is 5. The van der Waals surface area contributed by atoms with Crippen molar-refractivity contribution in [2.24, 2.45) is 4.99 Å². The molecule has 1 saturated heterocycles. The Hall–Kier alpha value is -2.44. The Morgan fingerprint density at radius 2 is 2.00 bits per heavy atom. The van der Waals surface area contributed by atoms with E-state index in [9.17, 15) is 4.79 Å². The number of hydrogen-bond donors (Lipinski definition) is 1. The lowest BCUT2D eigenvalue weighted by molar-refractivity contribution is 0.0137. The van der Waals surface area contributed by atoms with Crippen LogP contribution in [-0.4, -0.2) is 73.3 Å². The molecule has 2 heterocycles. The minimum Gasteiger partial charge on any atom is -0.497 e. The van der Waals surface area contributed by atoms with E-state index in [2.05, 4.69) is 34.3 Å². The van der Waals surface area contributed by atoms with Crippen molar-refractivity contribution < 1.29 is 14.3 Å². The largest absolute Gasteiger partial charge is 0.497 e.